The highest BCUT2D eigenvalue weighted by atomic mass is 32.2. The summed E-state index contributed by atoms with van der Waals surface area (Å²) in [4.78, 5) is 0.316. The van der Waals surface area contributed by atoms with Crippen molar-refractivity contribution in [2.24, 2.45) is 0 Å². The van der Waals surface area contributed by atoms with Crippen LogP contribution in [-0.4, -0.2) is 48.7 Å². The number of rotatable bonds is 6. The third-order valence-electron chi connectivity index (χ3n) is 3.58. The summed E-state index contributed by atoms with van der Waals surface area (Å²) in [6.45, 7) is 5.68. The molecular formula is C13H24N4O2S. The summed E-state index contributed by atoms with van der Waals surface area (Å²) in [7, 11) is -3.37. The topological polar surface area (TPSA) is 67.2 Å². The highest BCUT2D eigenvalue weighted by molar-refractivity contribution is 7.89. The third kappa shape index (κ3) is 3.80. The largest absolute Gasteiger partial charge is 0.315 e. The molecule has 0 spiro atoms. The fourth-order valence-electron chi connectivity index (χ4n) is 2.40. The van der Waals surface area contributed by atoms with Gasteiger partial charge in [-0.2, -0.15) is 9.40 Å². The van der Waals surface area contributed by atoms with Crippen LogP contribution in [0.1, 0.15) is 32.6 Å². The minimum Gasteiger partial charge on any atom is -0.315 e. The zero-order chi connectivity index (χ0) is 14.4. The summed E-state index contributed by atoms with van der Waals surface area (Å²) < 4.78 is 28.4. The Kier molecular flexibility index (Phi) is 5.56. The Hall–Kier alpha value is -0.920. The van der Waals surface area contributed by atoms with Crippen molar-refractivity contribution in [1.29, 1.82) is 0 Å². The van der Waals surface area contributed by atoms with Crippen LogP contribution in [0.2, 0.25) is 0 Å². The number of aromatic nitrogens is 2. The first-order valence-electron chi connectivity index (χ1n) is 7.38. The van der Waals surface area contributed by atoms with Crippen molar-refractivity contribution in [3.8, 4) is 0 Å². The molecular weight excluding hydrogens is 276 g/mol. The van der Waals surface area contributed by atoms with Crippen molar-refractivity contribution in [2.45, 2.75) is 44.0 Å². The zero-order valence-corrected chi connectivity index (χ0v) is 12.9. The van der Waals surface area contributed by atoms with E-state index in [-0.39, 0.29) is 0 Å². The summed E-state index contributed by atoms with van der Waals surface area (Å²) in [5.41, 5.74) is 0. The second-order valence-electron chi connectivity index (χ2n) is 5.11. The standard InChI is InChI=1S/C13H24N4O2S/c1-2-14-7-10-16-12-13(11-15-16)20(18,19)17-8-5-3-4-6-9-17/h11-12,14H,2-10H2,1H3. The highest BCUT2D eigenvalue weighted by Crippen LogP contribution is 2.19. The lowest BCUT2D eigenvalue weighted by molar-refractivity contribution is 0.423. The molecule has 1 N–H and O–H groups in total. The molecule has 2 heterocycles. The Bertz CT molecular complexity index is 504. The molecule has 20 heavy (non-hydrogen) atoms. The Morgan fingerprint density at radius 3 is 2.60 bits per heavy atom. The zero-order valence-electron chi connectivity index (χ0n) is 12.1. The smallest absolute Gasteiger partial charge is 0.246 e. The van der Waals surface area contributed by atoms with Crippen LogP contribution in [0, 0.1) is 0 Å². The Labute approximate surface area is 121 Å². The molecule has 0 unspecified atom stereocenters. The highest BCUT2D eigenvalue weighted by Gasteiger charge is 2.26. The van der Waals surface area contributed by atoms with Crippen LogP contribution in [0.3, 0.4) is 0 Å². The number of hydrogen-bond acceptors (Lipinski definition) is 4. The van der Waals surface area contributed by atoms with E-state index in [0.29, 0.717) is 24.5 Å². The SMILES string of the molecule is CCNCCn1cc(S(=O)(=O)N2CCCCCC2)cn1. The van der Waals surface area contributed by atoms with Gasteiger partial charge in [-0.15, -0.1) is 0 Å². The van der Waals surface area contributed by atoms with Gasteiger partial charge in [0.15, 0.2) is 0 Å². The molecule has 6 nitrogen and oxygen atoms in total. The molecule has 114 valence electrons. The van der Waals surface area contributed by atoms with Gasteiger partial charge in [0.1, 0.15) is 4.90 Å². The first-order chi connectivity index (χ1) is 9.64. The van der Waals surface area contributed by atoms with Crippen molar-refractivity contribution >= 4 is 10.0 Å². The summed E-state index contributed by atoms with van der Waals surface area (Å²) in [5, 5.41) is 7.34. The van der Waals surface area contributed by atoms with Crippen molar-refractivity contribution < 1.29 is 8.42 Å². The van der Waals surface area contributed by atoms with Gasteiger partial charge in [-0.25, -0.2) is 8.42 Å². The summed E-state index contributed by atoms with van der Waals surface area (Å²) in [6.07, 6.45) is 7.24. The molecule has 1 fully saturated rings. The van der Waals surface area contributed by atoms with E-state index in [4.69, 9.17) is 0 Å². The molecule has 7 heteroatoms. The molecule has 1 aliphatic heterocycles. The molecule has 1 aromatic rings. The van der Waals surface area contributed by atoms with Crippen LogP contribution in [0.5, 0.6) is 0 Å². The van der Waals surface area contributed by atoms with Crippen LogP contribution < -0.4 is 5.32 Å². The van der Waals surface area contributed by atoms with Gasteiger partial charge in [-0.05, 0) is 19.4 Å². The van der Waals surface area contributed by atoms with Crippen molar-refractivity contribution in [1.82, 2.24) is 19.4 Å². The summed E-state index contributed by atoms with van der Waals surface area (Å²) in [5.74, 6) is 0. The molecule has 2 rings (SSSR count). The van der Waals surface area contributed by atoms with Gasteiger partial charge in [0.2, 0.25) is 10.0 Å². The average Bonchev–Trinajstić information content (AvgIpc) is 2.73. The van der Waals surface area contributed by atoms with Gasteiger partial charge in [-0.3, -0.25) is 4.68 Å². The molecule has 0 saturated carbocycles. The fourth-order valence-corrected chi connectivity index (χ4v) is 3.87. The maximum absolute atomic E-state index is 12.5. The minimum atomic E-state index is -3.37. The lowest BCUT2D eigenvalue weighted by Gasteiger charge is -2.18. The summed E-state index contributed by atoms with van der Waals surface area (Å²) in [6, 6.07) is 0. The predicted octanol–water partition coefficient (Wildman–Crippen LogP) is 1.06. The van der Waals surface area contributed by atoms with Crippen LogP contribution in [0.25, 0.3) is 0 Å². The van der Waals surface area contributed by atoms with Crippen LogP contribution >= 0.6 is 0 Å². The van der Waals surface area contributed by atoms with E-state index in [1.165, 1.54) is 6.20 Å². The maximum atomic E-state index is 12.5. The number of nitrogens with one attached hydrogen (secondary N) is 1. The van der Waals surface area contributed by atoms with E-state index in [0.717, 1.165) is 38.8 Å². The second kappa shape index (κ2) is 7.19. The molecule has 0 radical (unpaired) electrons. The lowest BCUT2D eigenvalue weighted by Crippen LogP contribution is -2.31. The predicted molar refractivity (Wildman–Crippen MR) is 78.0 cm³/mol. The van der Waals surface area contributed by atoms with Gasteiger partial charge in [0, 0.05) is 25.8 Å². The van der Waals surface area contributed by atoms with E-state index in [1.54, 1.807) is 15.2 Å². The first-order valence-corrected chi connectivity index (χ1v) is 8.82. The fraction of sp³-hybridized carbons (Fsp3) is 0.769. The van der Waals surface area contributed by atoms with Crippen molar-refractivity contribution in [2.75, 3.05) is 26.2 Å². The lowest BCUT2D eigenvalue weighted by atomic mass is 10.2. The molecule has 0 aromatic carbocycles. The van der Waals surface area contributed by atoms with Crippen LogP contribution in [0.4, 0.5) is 0 Å². The maximum Gasteiger partial charge on any atom is 0.246 e. The monoisotopic (exact) mass is 300 g/mol. The molecule has 1 aromatic heterocycles. The Morgan fingerprint density at radius 1 is 1.25 bits per heavy atom. The third-order valence-corrected chi connectivity index (χ3v) is 5.43. The van der Waals surface area contributed by atoms with Crippen LogP contribution in [-0.2, 0) is 16.6 Å². The number of likely N-dealkylation sites (N-methyl/N-ethyl adjacent to an activating group) is 1. The average molecular weight is 300 g/mol. The molecule has 1 saturated heterocycles. The van der Waals surface area contributed by atoms with E-state index >= 15 is 0 Å². The normalized spacial score (nSPS) is 18.1. The molecule has 0 aliphatic carbocycles. The quantitative estimate of drug-likeness (QED) is 0.798. The summed E-state index contributed by atoms with van der Waals surface area (Å²) >= 11 is 0. The molecule has 0 amide bonds. The first kappa shape index (κ1) is 15.5. The number of nitrogens with zero attached hydrogens (tertiary/aromatic N) is 3. The van der Waals surface area contributed by atoms with E-state index < -0.39 is 10.0 Å². The Morgan fingerprint density at radius 2 is 1.95 bits per heavy atom. The second-order valence-corrected chi connectivity index (χ2v) is 7.05. The van der Waals surface area contributed by atoms with Crippen molar-refractivity contribution in [3.63, 3.8) is 0 Å². The molecule has 0 bridgehead atoms. The van der Waals surface area contributed by atoms with Gasteiger partial charge < -0.3 is 5.32 Å². The minimum absolute atomic E-state index is 0.316. The number of hydrogen-bond donors (Lipinski definition) is 1. The van der Waals surface area contributed by atoms with Gasteiger partial charge >= 0.3 is 0 Å². The molecule has 1 aliphatic rings. The van der Waals surface area contributed by atoms with Crippen LogP contribution in [0.15, 0.2) is 17.3 Å². The Balaban J connectivity index is 2.05. The van der Waals surface area contributed by atoms with E-state index in [1.807, 2.05) is 6.92 Å². The molecule has 0 atom stereocenters. The van der Waals surface area contributed by atoms with Gasteiger partial charge in [0.05, 0.1) is 12.7 Å². The van der Waals surface area contributed by atoms with Crippen molar-refractivity contribution in [3.05, 3.63) is 12.4 Å². The van der Waals surface area contributed by atoms with E-state index in [9.17, 15) is 8.42 Å². The van der Waals surface area contributed by atoms with E-state index in [2.05, 4.69) is 10.4 Å². The number of sulfonamides is 1. The van der Waals surface area contributed by atoms with Gasteiger partial charge in [0.25, 0.3) is 0 Å². The van der Waals surface area contributed by atoms with Gasteiger partial charge in [-0.1, -0.05) is 19.8 Å².